The van der Waals surface area contributed by atoms with Crippen LogP contribution in [0.2, 0.25) is 0 Å². The normalized spacial score (nSPS) is 13.3. The molecule has 6 heteroatoms. The summed E-state index contributed by atoms with van der Waals surface area (Å²) in [6, 6.07) is 0.629. The van der Waals surface area contributed by atoms with Crippen molar-refractivity contribution in [2.75, 3.05) is 7.11 Å². The van der Waals surface area contributed by atoms with Crippen LogP contribution >= 0.6 is 0 Å². The highest BCUT2D eigenvalue weighted by molar-refractivity contribution is 5.77. The lowest BCUT2D eigenvalue weighted by molar-refractivity contribution is -0.152. The second kappa shape index (κ2) is 4.97. The molecule has 0 fully saturated rings. The highest BCUT2D eigenvalue weighted by Gasteiger charge is 2.38. The van der Waals surface area contributed by atoms with Crippen LogP contribution in [-0.4, -0.2) is 13.1 Å². The number of ether oxygens (including phenoxy) is 1. The van der Waals surface area contributed by atoms with Crippen LogP contribution in [0.5, 0.6) is 0 Å². The number of hydrogen-bond acceptors (Lipinski definition) is 3. The largest absolute Gasteiger partial charge is 0.469 e. The van der Waals surface area contributed by atoms with Crippen molar-refractivity contribution in [1.29, 1.82) is 0 Å². The Balaban J connectivity index is 3.23. The van der Waals surface area contributed by atoms with Gasteiger partial charge < -0.3 is 10.5 Å². The lowest BCUT2D eigenvalue weighted by Crippen LogP contribution is -2.38. The third-order valence-corrected chi connectivity index (χ3v) is 2.89. The van der Waals surface area contributed by atoms with Crippen LogP contribution < -0.4 is 5.73 Å². The summed E-state index contributed by atoms with van der Waals surface area (Å²) in [4.78, 5) is 11.5. The van der Waals surface area contributed by atoms with Crippen molar-refractivity contribution in [1.82, 2.24) is 0 Å². The molecule has 3 nitrogen and oxygen atoms in total. The molecule has 2 N–H and O–H groups in total. The summed E-state index contributed by atoms with van der Waals surface area (Å²) in [6.07, 6.45) is 0. The summed E-state index contributed by atoms with van der Waals surface area (Å²) in [5.74, 6) is -4.97. The minimum Gasteiger partial charge on any atom is -0.469 e. The van der Waals surface area contributed by atoms with Gasteiger partial charge in [-0.15, -0.1) is 0 Å². The van der Waals surface area contributed by atoms with E-state index in [1.54, 1.807) is 0 Å². The summed E-state index contributed by atoms with van der Waals surface area (Å²) in [6.45, 7) is 2.87. The molecule has 1 aromatic rings. The average Bonchev–Trinajstić information content (AvgIpc) is 2.34. The van der Waals surface area contributed by atoms with Crippen LogP contribution in [0.25, 0.3) is 0 Å². The smallest absolute Gasteiger partial charge is 0.313 e. The SMILES string of the molecule is COC(=O)C(C)(C)[C@@H](N)c1ccc(F)c(F)c1F. The molecule has 1 rings (SSSR count). The zero-order valence-corrected chi connectivity index (χ0v) is 10.3. The van der Waals surface area contributed by atoms with Crippen LogP contribution in [-0.2, 0) is 9.53 Å². The minimum absolute atomic E-state index is 0.274. The summed E-state index contributed by atoms with van der Waals surface area (Å²) in [7, 11) is 1.17. The summed E-state index contributed by atoms with van der Waals surface area (Å²) < 4.78 is 44.0. The fourth-order valence-electron chi connectivity index (χ4n) is 1.56. The molecule has 0 aliphatic rings. The fraction of sp³-hybridized carbons (Fsp3) is 0.417. The highest BCUT2D eigenvalue weighted by Crippen LogP contribution is 2.34. The van der Waals surface area contributed by atoms with Crippen molar-refractivity contribution in [3.05, 3.63) is 35.1 Å². The molecule has 0 saturated heterocycles. The van der Waals surface area contributed by atoms with Gasteiger partial charge in [0, 0.05) is 11.6 Å². The molecule has 0 spiro atoms. The van der Waals surface area contributed by atoms with Gasteiger partial charge in [0.05, 0.1) is 12.5 Å². The summed E-state index contributed by atoms with van der Waals surface area (Å²) >= 11 is 0. The maximum absolute atomic E-state index is 13.6. The molecule has 0 aliphatic carbocycles. The maximum Gasteiger partial charge on any atom is 0.313 e. The van der Waals surface area contributed by atoms with Gasteiger partial charge in [0.1, 0.15) is 0 Å². The molecular formula is C12H14F3NO2. The lowest BCUT2D eigenvalue weighted by atomic mass is 9.81. The molecule has 100 valence electrons. The lowest BCUT2D eigenvalue weighted by Gasteiger charge is -2.29. The molecule has 0 unspecified atom stereocenters. The fourth-order valence-corrected chi connectivity index (χ4v) is 1.56. The van der Waals surface area contributed by atoms with Crippen molar-refractivity contribution in [2.24, 2.45) is 11.1 Å². The van der Waals surface area contributed by atoms with Gasteiger partial charge in [0.2, 0.25) is 0 Å². The van der Waals surface area contributed by atoms with Gasteiger partial charge in [-0.25, -0.2) is 13.2 Å². The molecule has 0 amide bonds. The van der Waals surface area contributed by atoms with Crippen molar-refractivity contribution in [3.63, 3.8) is 0 Å². The third kappa shape index (κ3) is 2.33. The zero-order valence-electron chi connectivity index (χ0n) is 10.3. The van der Waals surface area contributed by atoms with Gasteiger partial charge in [-0.05, 0) is 19.9 Å². The van der Waals surface area contributed by atoms with Gasteiger partial charge in [-0.3, -0.25) is 4.79 Å². The van der Waals surface area contributed by atoms with E-state index in [1.165, 1.54) is 21.0 Å². The second-order valence-corrected chi connectivity index (χ2v) is 4.46. The molecule has 1 aromatic carbocycles. The third-order valence-electron chi connectivity index (χ3n) is 2.89. The number of halogens is 3. The Bertz CT molecular complexity index is 475. The molecule has 0 heterocycles. The standard InChI is InChI=1S/C12H14F3NO2/c1-12(2,11(17)18-3)10(16)6-4-5-7(13)9(15)8(6)14/h4-5,10H,16H2,1-3H3/t10-/m0/s1. The van der Waals surface area contributed by atoms with Crippen molar-refractivity contribution >= 4 is 5.97 Å². The Labute approximate surface area is 103 Å². The van der Waals surface area contributed by atoms with Gasteiger partial charge >= 0.3 is 5.97 Å². The number of carbonyl (C=O) groups is 1. The van der Waals surface area contributed by atoms with E-state index in [4.69, 9.17) is 5.73 Å². The number of methoxy groups -OCH3 is 1. The first-order chi connectivity index (χ1) is 8.23. The molecule has 0 saturated carbocycles. The van der Waals surface area contributed by atoms with E-state index in [1.807, 2.05) is 0 Å². The number of esters is 1. The molecule has 0 aliphatic heterocycles. The first-order valence-electron chi connectivity index (χ1n) is 5.20. The van der Waals surface area contributed by atoms with E-state index in [0.717, 1.165) is 12.1 Å². The predicted molar refractivity (Wildman–Crippen MR) is 59.0 cm³/mol. The first-order valence-corrected chi connectivity index (χ1v) is 5.20. The van der Waals surface area contributed by atoms with Crippen LogP contribution in [0.1, 0.15) is 25.5 Å². The van der Waals surface area contributed by atoms with E-state index in [2.05, 4.69) is 4.74 Å². The Morgan fingerprint density at radius 1 is 1.28 bits per heavy atom. The van der Waals surface area contributed by atoms with E-state index in [9.17, 15) is 18.0 Å². The number of hydrogen-bond donors (Lipinski definition) is 1. The quantitative estimate of drug-likeness (QED) is 0.671. The minimum atomic E-state index is -1.61. The molecular weight excluding hydrogens is 247 g/mol. The topological polar surface area (TPSA) is 52.3 Å². The molecule has 1 atom stereocenters. The zero-order chi connectivity index (χ0) is 14.1. The maximum atomic E-state index is 13.6. The van der Waals surface area contributed by atoms with Gasteiger partial charge in [0.15, 0.2) is 17.5 Å². The monoisotopic (exact) mass is 261 g/mol. The molecule has 18 heavy (non-hydrogen) atoms. The van der Waals surface area contributed by atoms with Crippen LogP contribution in [0.4, 0.5) is 13.2 Å². The number of nitrogens with two attached hydrogens (primary N) is 1. The number of carbonyl (C=O) groups excluding carboxylic acids is 1. The van der Waals surface area contributed by atoms with Gasteiger partial charge in [-0.2, -0.15) is 0 Å². The van der Waals surface area contributed by atoms with Crippen LogP contribution in [0, 0.1) is 22.9 Å². The Morgan fingerprint density at radius 2 is 1.83 bits per heavy atom. The summed E-state index contributed by atoms with van der Waals surface area (Å²) in [5.41, 5.74) is 4.20. The number of benzene rings is 1. The van der Waals surface area contributed by atoms with Crippen LogP contribution in [0.15, 0.2) is 12.1 Å². The van der Waals surface area contributed by atoms with E-state index < -0.39 is 34.9 Å². The van der Waals surface area contributed by atoms with Crippen molar-refractivity contribution in [3.8, 4) is 0 Å². The molecule has 0 aromatic heterocycles. The molecule has 0 bridgehead atoms. The van der Waals surface area contributed by atoms with E-state index in [-0.39, 0.29) is 5.56 Å². The Kier molecular flexibility index (Phi) is 4.01. The summed E-state index contributed by atoms with van der Waals surface area (Å²) in [5, 5.41) is 0. The molecule has 0 radical (unpaired) electrons. The van der Waals surface area contributed by atoms with E-state index in [0.29, 0.717) is 0 Å². The highest BCUT2D eigenvalue weighted by atomic mass is 19.2. The Morgan fingerprint density at radius 3 is 2.33 bits per heavy atom. The second-order valence-electron chi connectivity index (χ2n) is 4.46. The van der Waals surface area contributed by atoms with Crippen molar-refractivity contribution < 1.29 is 22.7 Å². The average molecular weight is 261 g/mol. The Hall–Kier alpha value is -1.56. The van der Waals surface area contributed by atoms with Gasteiger partial charge in [0.25, 0.3) is 0 Å². The van der Waals surface area contributed by atoms with Crippen LogP contribution in [0.3, 0.4) is 0 Å². The first kappa shape index (κ1) is 14.5. The van der Waals surface area contributed by atoms with Gasteiger partial charge in [-0.1, -0.05) is 6.07 Å². The predicted octanol–water partition coefficient (Wildman–Crippen LogP) is 2.30. The van der Waals surface area contributed by atoms with E-state index >= 15 is 0 Å². The number of rotatable bonds is 3. The van der Waals surface area contributed by atoms with Crippen molar-refractivity contribution in [2.45, 2.75) is 19.9 Å².